The van der Waals surface area contributed by atoms with Gasteiger partial charge in [0.25, 0.3) is 0 Å². The molecule has 2 aliphatic rings. The number of halogens is 4. The number of benzene rings is 2. The number of aryl methyl sites for hydroxylation is 2. The Morgan fingerprint density at radius 3 is 1.32 bits per heavy atom. The molecule has 0 saturated carbocycles. The number of alkyl halides is 2. The second-order valence-corrected chi connectivity index (χ2v) is 20.0. The van der Waals surface area contributed by atoms with Crippen LogP contribution in [0.3, 0.4) is 0 Å². The minimum atomic E-state index is -1.33. The van der Waals surface area contributed by atoms with Gasteiger partial charge in [-0.05, 0) is 119 Å². The maximum atomic E-state index is 14.4. The standard InChI is InChI=1S/2C26H25BrFN7O3.2CH4/c2*1-14(36)25-19-8-16(17-10-29-15(2)30-11-17)6-7-20(19)35(33-25)13-24(37)34-12-18(28)9-21(34)26(38)32-23-5-3-4-22(27)31-23;;/h2*3-8,10-11,14,18,21,36H,9,12-13H2,1-2H3,(H,31,32,38);2*1H4/t14-,18+,21-;14-,18-,21+;;/m01../s1. The molecule has 78 heavy (non-hydrogen) atoms. The lowest BCUT2D eigenvalue weighted by molar-refractivity contribution is -0.137. The van der Waals surface area contributed by atoms with Crippen LogP contribution in [0.4, 0.5) is 20.4 Å². The Hall–Kier alpha value is -7.54. The zero-order valence-electron chi connectivity index (χ0n) is 41.4. The summed E-state index contributed by atoms with van der Waals surface area (Å²) in [5.41, 5.74) is 5.34. The summed E-state index contributed by atoms with van der Waals surface area (Å²) in [4.78, 5) is 80.4. The number of anilines is 2. The van der Waals surface area contributed by atoms with E-state index in [2.05, 4.69) is 82.6 Å². The number of nitrogens with zero attached hydrogens (tertiary/aromatic N) is 12. The van der Waals surface area contributed by atoms with Gasteiger partial charge in [-0.15, -0.1) is 0 Å². The van der Waals surface area contributed by atoms with Crippen LogP contribution in [0.15, 0.2) is 107 Å². The number of carbonyl (C=O) groups is 4. The van der Waals surface area contributed by atoms with Gasteiger partial charge < -0.3 is 30.6 Å². The number of fused-ring (bicyclic) bond motifs is 2. The molecule has 2 fully saturated rings. The summed E-state index contributed by atoms with van der Waals surface area (Å²) in [7, 11) is 0. The molecule has 6 aromatic heterocycles. The SMILES string of the molecule is C.C.Cc1ncc(-c2ccc3c(c2)c([C@@H](C)O)nn3CC(=O)N2C[C@H](F)C[C@H]2C(=O)Nc2cccc(Br)n2)cn1.Cc1ncc(-c2ccc3c(c2)c([C@H](C)O)nn3CC(=O)N2C[C@H](F)C[C@H]2C(=O)Nc2cccc(Br)n2)cn1. The van der Waals surface area contributed by atoms with Crippen molar-refractivity contribution in [3.05, 3.63) is 130 Å². The van der Waals surface area contributed by atoms with E-state index >= 15 is 0 Å². The average molecular weight is 1200 g/mol. The summed E-state index contributed by atoms with van der Waals surface area (Å²) in [5, 5.41) is 36.4. The first-order chi connectivity index (χ1) is 36.4. The highest BCUT2D eigenvalue weighted by Gasteiger charge is 2.41. The molecule has 0 unspecified atom stereocenters. The van der Waals surface area contributed by atoms with Gasteiger partial charge in [0, 0.05) is 59.5 Å². The number of amides is 4. The fourth-order valence-corrected chi connectivity index (χ4v) is 9.83. The van der Waals surface area contributed by atoms with Crippen LogP contribution in [0, 0.1) is 13.8 Å². The molecule has 6 atom stereocenters. The molecule has 2 saturated heterocycles. The van der Waals surface area contributed by atoms with Crippen LogP contribution in [-0.2, 0) is 32.3 Å². The molecule has 2 aliphatic heterocycles. The lowest BCUT2D eigenvalue weighted by Crippen LogP contribution is -2.44. The van der Waals surface area contributed by atoms with Gasteiger partial charge in [0.1, 0.15) is 70.0 Å². The molecule has 0 aliphatic carbocycles. The third kappa shape index (κ3) is 13.1. The Morgan fingerprint density at radius 1 is 0.603 bits per heavy atom. The van der Waals surface area contributed by atoms with E-state index in [1.807, 2.05) is 36.4 Å². The van der Waals surface area contributed by atoms with E-state index in [4.69, 9.17) is 0 Å². The first kappa shape index (κ1) is 58.1. The van der Waals surface area contributed by atoms with E-state index in [1.54, 1.807) is 88.9 Å². The molecule has 10 rings (SSSR count). The highest BCUT2D eigenvalue weighted by Crippen LogP contribution is 2.32. The summed E-state index contributed by atoms with van der Waals surface area (Å²) in [5.74, 6) is -0.0171. The molecule has 24 heteroatoms. The maximum absolute atomic E-state index is 14.4. The Morgan fingerprint density at radius 2 is 0.974 bits per heavy atom. The molecule has 2 aromatic carbocycles. The first-order valence-corrected chi connectivity index (χ1v) is 25.7. The van der Waals surface area contributed by atoms with E-state index in [0.29, 0.717) is 65.7 Å². The van der Waals surface area contributed by atoms with Gasteiger partial charge in [-0.3, -0.25) is 28.5 Å². The Labute approximate surface area is 465 Å². The van der Waals surface area contributed by atoms with Gasteiger partial charge in [0.2, 0.25) is 23.6 Å². The zero-order chi connectivity index (χ0) is 53.9. The van der Waals surface area contributed by atoms with Crippen molar-refractivity contribution in [2.24, 2.45) is 0 Å². The van der Waals surface area contributed by atoms with E-state index < -0.39 is 60.3 Å². The minimum Gasteiger partial charge on any atom is -0.387 e. The number of pyridine rings is 2. The Kier molecular flexibility index (Phi) is 18.5. The number of hydrogen-bond donors (Lipinski definition) is 4. The van der Waals surface area contributed by atoms with Crippen LogP contribution >= 0.6 is 31.9 Å². The number of aliphatic hydroxyl groups is 2. The fraction of sp³-hybridized carbons (Fsp3) is 0.333. The molecule has 20 nitrogen and oxygen atoms in total. The van der Waals surface area contributed by atoms with E-state index in [0.717, 1.165) is 22.3 Å². The van der Waals surface area contributed by atoms with Gasteiger partial charge in [-0.2, -0.15) is 10.2 Å². The predicted molar refractivity (Wildman–Crippen MR) is 297 cm³/mol. The summed E-state index contributed by atoms with van der Waals surface area (Å²) in [6.07, 6.45) is 2.22. The Bertz CT molecular complexity index is 3250. The molecule has 0 bridgehead atoms. The summed E-state index contributed by atoms with van der Waals surface area (Å²) < 4.78 is 32.9. The fourth-order valence-electron chi connectivity index (χ4n) is 9.14. The third-order valence-corrected chi connectivity index (χ3v) is 13.7. The average Bonchev–Trinajstić information content (AvgIpc) is 4.26. The number of hydrogen-bond acceptors (Lipinski definition) is 14. The molecule has 0 spiro atoms. The van der Waals surface area contributed by atoms with E-state index in [9.17, 15) is 38.2 Å². The van der Waals surface area contributed by atoms with Crippen LogP contribution in [0.5, 0.6) is 0 Å². The molecular formula is C54H58Br2F2N14O6. The molecule has 8 aromatic rings. The van der Waals surface area contributed by atoms with Gasteiger partial charge in [0.15, 0.2) is 0 Å². The molecule has 8 heterocycles. The second kappa shape index (κ2) is 24.8. The molecular weight excluding hydrogens is 1140 g/mol. The van der Waals surface area contributed by atoms with E-state index in [1.165, 1.54) is 19.2 Å². The van der Waals surface area contributed by atoms with Gasteiger partial charge in [0.05, 0.1) is 47.7 Å². The summed E-state index contributed by atoms with van der Waals surface area (Å²) in [6, 6.07) is 19.2. The van der Waals surface area contributed by atoms with Crippen LogP contribution in [0.1, 0.15) is 76.8 Å². The van der Waals surface area contributed by atoms with Crippen LogP contribution in [-0.4, -0.2) is 131 Å². The highest BCUT2D eigenvalue weighted by molar-refractivity contribution is 9.10. The van der Waals surface area contributed by atoms with Gasteiger partial charge in [-0.25, -0.2) is 38.7 Å². The van der Waals surface area contributed by atoms with Crippen molar-refractivity contribution in [1.82, 2.24) is 59.3 Å². The molecule has 4 amide bonds. The maximum Gasteiger partial charge on any atom is 0.248 e. The van der Waals surface area contributed by atoms with Crippen LogP contribution in [0.25, 0.3) is 44.1 Å². The molecule has 0 radical (unpaired) electrons. The zero-order valence-corrected chi connectivity index (χ0v) is 44.5. The van der Waals surface area contributed by atoms with Crippen molar-refractivity contribution in [3.63, 3.8) is 0 Å². The number of rotatable bonds is 12. The van der Waals surface area contributed by atoms with Crippen molar-refractivity contribution in [2.45, 2.75) is 105 Å². The second-order valence-electron chi connectivity index (χ2n) is 18.4. The predicted octanol–water partition coefficient (Wildman–Crippen LogP) is 8.45. The number of nitrogens with one attached hydrogen (secondary N) is 2. The largest absolute Gasteiger partial charge is 0.387 e. The normalized spacial score (nSPS) is 17.6. The van der Waals surface area contributed by atoms with Gasteiger partial charge >= 0.3 is 0 Å². The lowest BCUT2D eigenvalue weighted by atomic mass is 10.0. The number of carbonyl (C=O) groups excluding carboxylic acids is 4. The minimum absolute atomic E-state index is 0. The quantitative estimate of drug-likeness (QED) is 0.0838. The van der Waals surface area contributed by atoms with Crippen molar-refractivity contribution >= 4 is 88.9 Å². The van der Waals surface area contributed by atoms with Crippen LogP contribution in [0.2, 0.25) is 0 Å². The summed E-state index contributed by atoms with van der Waals surface area (Å²) >= 11 is 6.50. The summed E-state index contributed by atoms with van der Waals surface area (Å²) in [6.45, 7) is 5.98. The highest BCUT2D eigenvalue weighted by atomic mass is 79.9. The smallest absolute Gasteiger partial charge is 0.248 e. The Balaban J connectivity index is 0.000000220. The molecule has 4 N–H and O–H groups in total. The monoisotopic (exact) mass is 1190 g/mol. The van der Waals surface area contributed by atoms with Crippen molar-refractivity contribution in [1.29, 1.82) is 0 Å². The molecule has 408 valence electrons. The topological polar surface area (TPSA) is 252 Å². The van der Waals surface area contributed by atoms with Crippen molar-refractivity contribution < 1.29 is 38.2 Å². The number of aliphatic hydroxyl groups excluding tert-OH is 2. The van der Waals surface area contributed by atoms with Crippen molar-refractivity contribution in [3.8, 4) is 22.3 Å². The lowest BCUT2D eigenvalue weighted by Gasteiger charge is -2.23. The number of likely N-dealkylation sites (tertiary alicyclic amines) is 2. The van der Waals surface area contributed by atoms with Gasteiger partial charge in [-0.1, -0.05) is 39.1 Å². The van der Waals surface area contributed by atoms with Crippen LogP contribution < -0.4 is 10.6 Å². The number of aromatic nitrogens is 10. The van der Waals surface area contributed by atoms with E-state index in [-0.39, 0.29) is 53.9 Å². The third-order valence-electron chi connectivity index (χ3n) is 12.8. The van der Waals surface area contributed by atoms with Crippen molar-refractivity contribution in [2.75, 3.05) is 23.7 Å². The first-order valence-electron chi connectivity index (χ1n) is 24.1.